The smallest absolute Gasteiger partial charge is 0.340 e. The van der Waals surface area contributed by atoms with Crippen molar-refractivity contribution < 1.29 is 14.6 Å². The molecule has 2 aromatic carbocycles. The van der Waals surface area contributed by atoms with Crippen LogP contribution in [0.4, 0.5) is 0 Å². The molecule has 3 rings (SSSR count). The molecule has 0 radical (unpaired) electrons. The molecule has 0 aliphatic carbocycles. The predicted molar refractivity (Wildman–Crippen MR) is 90.6 cm³/mol. The first kappa shape index (κ1) is 15.4. The Hall–Kier alpha value is -2.46. The second kappa shape index (κ2) is 5.97. The molecule has 0 atom stereocenters. The van der Waals surface area contributed by atoms with E-state index in [0.717, 1.165) is 16.9 Å². The molecule has 1 aromatic heterocycles. The fourth-order valence-electron chi connectivity index (χ4n) is 2.79. The van der Waals surface area contributed by atoms with Gasteiger partial charge >= 0.3 is 5.97 Å². The first-order valence-corrected chi connectivity index (χ1v) is 7.67. The lowest BCUT2D eigenvalue weighted by Gasteiger charge is -2.09. The van der Waals surface area contributed by atoms with Crippen molar-refractivity contribution in [3.05, 3.63) is 58.7 Å². The van der Waals surface area contributed by atoms with Crippen molar-refractivity contribution in [3.8, 4) is 11.4 Å². The van der Waals surface area contributed by atoms with Crippen LogP contribution in [0.1, 0.15) is 23.0 Å². The summed E-state index contributed by atoms with van der Waals surface area (Å²) in [7, 11) is 0. The Morgan fingerprint density at radius 3 is 2.57 bits per heavy atom. The van der Waals surface area contributed by atoms with Crippen molar-refractivity contribution in [3.63, 3.8) is 0 Å². The van der Waals surface area contributed by atoms with E-state index in [2.05, 4.69) is 0 Å². The van der Waals surface area contributed by atoms with E-state index < -0.39 is 5.97 Å². The first-order valence-electron chi connectivity index (χ1n) is 7.30. The number of phenols is 1. The van der Waals surface area contributed by atoms with Gasteiger partial charge in [0.05, 0.1) is 17.7 Å². The van der Waals surface area contributed by atoms with Crippen LogP contribution in [-0.2, 0) is 4.74 Å². The highest BCUT2D eigenvalue weighted by Crippen LogP contribution is 2.32. The van der Waals surface area contributed by atoms with Gasteiger partial charge in [0.25, 0.3) is 0 Å². The van der Waals surface area contributed by atoms with Crippen molar-refractivity contribution in [2.75, 3.05) is 6.61 Å². The number of phenolic OH excluding ortho intramolecular Hbond substituents is 1. The molecule has 0 spiro atoms. The Bertz CT molecular complexity index is 881. The second-order valence-corrected chi connectivity index (χ2v) is 5.63. The molecule has 0 unspecified atom stereocenters. The van der Waals surface area contributed by atoms with Gasteiger partial charge in [0.2, 0.25) is 0 Å². The molecular formula is C18H16ClNO3. The highest BCUT2D eigenvalue weighted by atomic mass is 35.5. The molecule has 0 bridgehead atoms. The van der Waals surface area contributed by atoms with Crippen LogP contribution in [0.5, 0.6) is 5.75 Å². The molecule has 118 valence electrons. The van der Waals surface area contributed by atoms with Gasteiger partial charge in [-0.2, -0.15) is 0 Å². The number of nitrogens with zero attached hydrogens (tertiary/aromatic N) is 1. The van der Waals surface area contributed by atoms with Crippen LogP contribution < -0.4 is 0 Å². The number of fused-ring (bicyclic) bond motifs is 1. The van der Waals surface area contributed by atoms with Crippen LogP contribution in [-0.4, -0.2) is 22.2 Å². The molecule has 0 aliphatic rings. The largest absolute Gasteiger partial charge is 0.508 e. The lowest BCUT2D eigenvalue weighted by molar-refractivity contribution is 0.0527. The number of aromatic nitrogens is 1. The van der Waals surface area contributed by atoms with Gasteiger partial charge in [0.1, 0.15) is 5.75 Å². The Balaban J connectivity index is 2.32. The third-order valence-corrected chi connectivity index (χ3v) is 4.00. The Labute approximate surface area is 138 Å². The van der Waals surface area contributed by atoms with Gasteiger partial charge in [0, 0.05) is 21.8 Å². The summed E-state index contributed by atoms with van der Waals surface area (Å²) in [5, 5.41) is 11.1. The Kier molecular flexibility index (Phi) is 4.01. The highest BCUT2D eigenvalue weighted by molar-refractivity contribution is 6.30. The van der Waals surface area contributed by atoms with Crippen LogP contribution in [0.25, 0.3) is 16.6 Å². The minimum Gasteiger partial charge on any atom is -0.508 e. The van der Waals surface area contributed by atoms with Crippen molar-refractivity contribution in [2.24, 2.45) is 0 Å². The highest BCUT2D eigenvalue weighted by Gasteiger charge is 2.22. The third kappa shape index (κ3) is 2.66. The number of hydrogen-bond donors (Lipinski definition) is 1. The minimum absolute atomic E-state index is 0.108. The molecule has 0 amide bonds. The monoisotopic (exact) mass is 329 g/mol. The van der Waals surface area contributed by atoms with Crippen molar-refractivity contribution in [1.29, 1.82) is 0 Å². The van der Waals surface area contributed by atoms with Gasteiger partial charge in [0.15, 0.2) is 0 Å². The summed E-state index contributed by atoms with van der Waals surface area (Å²) in [6, 6.07) is 12.3. The maximum Gasteiger partial charge on any atom is 0.340 e. The molecule has 0 saturated heterocycles. The van der Waals surface area contributed by atoms with E-state index >= 15 is 0 Å². The number of halogens is 1. The van der Waals surface area contributed by atoms with Crippen molar-refractivity contribution >= 4 is 28.5 Å². The summed E-state index contributed by atoms with van der Waals surface area (Å²) in [6.07, 6.45) is 0. The number of rotatable bonds is 3. The van der Waals surface area contributed by atoms with Gasteiger partial charge in [-0.15, -0.1) is 0 Å². The number of esters is 1. The summed E-state index contributed by atoms with van der Waals surface area (Å²) in [4.78, 5) is 12.4. The van der Waals surface area contributed by atoms with E-state index in [4.69, 9.17) is 16.3 Å². The second-order valence-electron chi connectivity index (χ2n) is 5.19. The summed E-state index contributed by atoms with van der Waals surface area (Å²) in [5.74, 6) is -0.287. The zero-order valence-electron chi connectivity index (χ0n) is 12.8. The topological polar surface area (TPSA) is 51.5 Å². The molecule has 0 saturated carbocycles. The average Bonchev–Trinajstić information content (AvgIpc) is 2.80. The van der Waals surface area contributed by atoms with Gasteiger partial charge < -0.3 is 14.4 Å². The SMILES string of the molecule is CCOC(=O)c1c(C)n(-c2ccc(Cl)cc2)c2ccc(O)cc12. The zero-order valence-corrected chi connectivity index (χ0v) is 13.6. The Morgan fingerprint density at radius 2 is 1.91 bits per heavy atom. The van der Waals surface area contributed by atoms with Gasteiger partial charge in [-0.05, 0) is 56.3 Å². The quantitative estimate of drug-likeness (QED) is 0.721. The average molecular weight is 330 g/mol. The number of hydrogen-bond acceptors (Lipinski definition) is 3. The third-order valence-electron chi connectivity index (χ3n) is 3.75. The maximum atomic E-state index is 12.4. The first-order chi connectivity index (χ1) is 11.0. The molecule has 5 heteroatoms. The lowest BCUT2D eigenvalue weighted by Crippen LogP contribution is -2.07. The molecule has 3 aromatic rings. The van der Waals surface area contributed by atoms with Crippen molar-refractivity contribution in [2.45, 2.75) is 13.8 Å². The molecule has 23 heavy (non-hydrogen) atoms. The van der Waals surface area contributed by atoms with Gasteiger partial charge in [-0.3, -0.25) is 0 Å². The van der Waals surface area contributed by atoms with Crippen molar-refractivity contribution in [1.82, 2.24) is 4.57 Å². The Morgan fingerprint density at radius 1 is 1.22 bits per heavy atom. The number of ether oxygens (including phenoxy) is 1. The van der Waals surface area contributed by atoms with Gasteiger partial charge in [-0.1, -0.05) is 11.6 Å². The molecule has 0 fully saturated rings. The van der Waals surface area contributed by atoms with Crippen LogP contribution in [0, 0.1) is 6.92 Å². The van der Waals surface area contributed by atoms with E-state index in [9.17, 15) is 9.90 Å². The standard InChI is InChI=1S/C18H16ClNO3/c1-3-23-18(22)17-11(2)20(13-6-4-12(19)5-7-13)16-9-8-14(21)10-15(16)17/h4-10,21H,3H2,1-2H3. The molecule has 1 N–H and O–H groups in total. The van der Waals surface area contributed by atoms with E-state index in [1.807, 2.05) is 23.6 Å². The van der Waals surface area contributed by atoms with E-state index in [1.165, 1.54) is 0 Å². The number of carbonyl (C=O) groups excluding carboxylic acids is 1. The lowest BCUT2D eigenvalue weighted by atomic mass is 10.1. The van der Waals surface area contributed by atoms with E-state index in [0.29, 0.717) is 22.6 Å². The summed E-state index contributed by atoms with van der Waals surface area (Å²) >= 11 is 5.96. The minimum atomic E-state index is -0.395. The summed E-state index contributed by atoms with van der Waals surface area (Å²) in [6.45, 7) is 3.92. The van der Waals surface area contributed by atoms with E-state index in [1.54, 1.807) is 37.3 Å². The molecule has 1 heterocycles. The fraction of sp³-hybridized carbons (Fsp3) is 0.167. The molecule has 4 nitrogen and oxygen atoms in total. The number of benzene rings is 2. The fourth-order valence-corrected chi connectivity index (χ4v) is 2.92. The number of carbonyl (C=O) groups is 1. The summed E-state index contributed by atoms with van der Waals surface area (Å²) in [5.41, 5.74) is 2.93. The maximum absolute atomic E-state index is 12.4. The van der Waals surface area contributed by atoms with Crippen LogP contribution in [0.3, 0.4) is 0 Å². The van der Waals surface area contributed by atoms with Crippen LogP contribution in [0.15, 0.2) is 42.5 Å². The number of aromatic hydroxyl groups is 1. The zero-order chi connectivity index (χ0) is 16.6. The molecule has 0 aliphatic heterocycles. The van der Waals surface area contributed by atoms with E-state index in [-0.39, 0.29) is 5.75 Å². The molecular weight excluding hydrogens is 314 g/mol. The van der Waals surface area contributed by atoms with Gasteiger partial charge in [-0.25, -0.2) is 4.79 Å². The van der Waals surface area contributed by atoms with Crippen LogP contribution in [0.2, 0.25) is 5.02 Å². The normalized spacial score (nSPS) is 10.9. The summed E-state index contributed by atoms with van der Waals surface area (Å²) < 4.78 is 7.13. The predicted octanol–water partition coefficient (Wildman–Crippen LogP) is 4.47. The van der Waals surface area contributed by atoms with Crippen LogP contribution >= 0.6 is 11.6 Å².